The van der Waals surface area contributed by atoms with Gasteiger partial charge < -0.3 is 5.73 Å². The van der Waals surface area contributed by atoms with E-state index in [9.17, 15) is 4.79 Å². The molecule has 0 bridgehead atoms. The lowest BCUT2D eigenvalue weighted by Crippen LogP contribution is -2.36. The van der Waals surface area contributed by atoms with Crippen LogP contribution in [0.5, 0.6) is 0 Å². The number of aromatic nitrogens is 3. The molecule has 19 heavy (non-hydrogen) atoms. The summed E-state index contributed by atoms with van der Waals surface area (Å²) in [5.41, 5.74) is 6.39. The van der Waals surface area contributed by atoms with Gasteiger partial charge >= 0.3 is 0 Å². The van der Waals surface area contributed by atoms with E-state index in [-0.39, 0.29) is 11.9 Å². The summed E-state index contributed by atoms with van der Waals surface area (Å²) in [5, 5.41) is 4.16. The molecule has 3 rings (SSSR count). The molecule has 98 valence electrons. The second-order valence-electron chi connectivity index (χ2n) is 4.67. The first-order chi connectivity index (χ1) is 9.16. The summed E-state index contributed by atoms with van der Waals surface area (Å²) in [5.74, 6) is 0.274. The second kappa shape index (κ2) is 4.47. The molecular weight excluding hydrogens is 242 g/mol. The number of benzene rings is 1. The molecular formula is C13H15N5O. The molecule has 0 spiro atoms. The number of nitrogens with zero attached hydrogens (tertiary/aromatic N) is 4. The molecule has 0 saturated carbocycles. The predicted molar refractivity (Wildman–Crippen MR) is 69.5 cm³/mol. The van der Waals surface area contributed by atoms with Gasteiger partial charge in [0, 0.05) is 6.54 Å². The van der Waals surface area contributed by atoms with E-state index in [1.807, 2.05) is 25.2 Å². The Bertz CT molecular complexity index is 607. The molecule has 1 aliphatic heterocycles. The zero-order chi connectivity index (χ0) is 13.4. The van der Waals surface area contributed by atoms with Crippen molar-refractivity contribution in [2.75, 3.05) is 13.6 Å². The van der Waals surface area contributed by atoms with Crippen LogP contribution in [0.2, 0.25) is 0 Å². The van der Waals surface area contributed by atoms with Crippen LogP contribution in [-0.4, -0.2) is 39.2 Å². The van der Waals surface area contributed by atoms with E-state index in [4.69, 9.17) is 5.73 Å². The average molecular weight is 257 g/mol. The zero-order valence-electron chi connectivity index (χ0n) is 10.7. The highest BCUT2D eigenvalue weighted by molar-refractivity contribution is 5.88. The number of likely N-dealkylation sites (N-methyl/N-ethyl adjacent to an activating group) is 1. The standard InChI is InChI=1S/C13H15N5O/c1-17-7-8-18-13(15-12(16-18)11(14)19)10(17)9-5-3-2-4-6-9/h2-6,10H,7-8H2,1H3,(H2,14,19). The zero-order valence-corrected chi connectivity index (χ0v) is 10.7. The number of carbonyl (C=O) groups is 1. The van der Waals surface area contributed by atoms with Gasteiger partial charge in [-0.2, -0.15) is 0 Å². The molecule has 1 aromatic heterocycles. The molecule has 2 heterocycles. The van der Waals surface area contributed by atoms with E-state index >= 15 is 0 Å². The molecule has 1 amide bonds. The van der Waals surface area contributed by atoms with Crippen molar-refractivity contribution in [3.05, 3.63) is 47.5 Å². The molecule has 0 radical (unpaired) electrons. The molecule has 2 aromatic rings. The van der Waals surface area contributed by atoms with Crippen molar-refractivity contribution in [2.24, 2.45) is 5.73 Å². The van der Waals surface area contributed by atoms with Crippen molar-refractivity contribution in [1.82, 2.24) is 19.7 Å². The summed E-state index contributed by atoms with van der Waals surface area (Å²) in [6.07, 6.45) is 0. The molecule has 0 saturated heterocycles. The normalized spacial score (nSPS) is 19.1. The highest BCUT2D eigenvalue weighted by Crippen LogP contribution is 2.29. The van der Waals surface area contributed by atoms with Crippen molar-refractivity contribution in [3.8, 4) is 0 Å². The lowest BCUT2D eigenvalue weighted by Gasteiger charge is -2.32. The van der Waals surface area contributed by atoms with Crippen LogP contribution in [0, 0.1) is 0 Å². The number of hydrogen-bond donors (Lipinski definition) is 1. The number of fused-ring (bicyclic) bond motifs is 1. The van der Waals surface area contributed by atoms with Gasteiger partial charge in [-0.1, -0.05) is 30.3 Å². The Balaban J connectivity index is 2.09. The smallest absolute Gasteiger partial charge is 0.288 e. The van der Waals surface area contributed by atoms with Gasteiger partial charge in [0.05, 0.1) is 12.6 Å². The Morgan fingerprint density at radius 1 is 1.32 bits per heavy atom. The van der Waals surface area contributed by atoms with Gasteiger partial charge in [0.15, 0.2) is 0 Å². The Labute approximate surface area is 110 Å². The highest BCUT2D eigenvalue weighted by Gasteiger charge is 2.30. The summed E-state index contributed by atoms with van der Waals surface area (Å²) in [6.45, 7) is 1.57. The van der Waals surface area contributed by atoms with Gasteiger partial charge in [-0.25, -0.2) is 9.67 Å². The predicted octanol–water partition coefficient (Wildman–Crippen LogP) is 0.412. The van der Waals surface area contributed by atoms with Crippen LogP contribution in [0.15, 0.2) is 30.3 Å². The van der Waals surface area contributed by atoms with E-state index < -0.39 is 5.91 Å². The first-order valence-electron chi connectivity index (χ1n) is 6.16. The maximum absolute atomic E-state index is 11.2. The largest absolute Gasteiger partial charge is 0.363 e. The number of carbonyl (C=O) groups excluding carboxylic acids is 1. The fraction of sp³-hybridized carbons (Fsp3) is 0.308. The number of hydrogen-bond acceptors (Lipinski definition) is 4. The van der Waals surface area contributed by atoms with Crippen LogP contribution < -0.4 is 5.73 Å². The van der Waals surface area contributed by atoms with Gasteiger partial charge in [0.2, 0.25) is 5.82 Å². The van der Waals surface area contributed by atoms with Crippen molar-refractivity contribution in [3.63, 3.8) is 0 Å². The van der Waals surface area contributed by atoms with Crippen molar-refractivity contribution < 1.29 is 4.79 Å². The van der Waals surface area contributed by atoms with Crippen LogP contribution in [0.4, 0.5) is 0 Å². The molecule has 0 aliphatic carbocycles. The maximum atomic E-state index is 11.2. The lowest BCUT2D eigenvalue weighted by atomic mass is 10.0. The third-order valence-corrected chi connectivity index (χ3v) is 3.39. The van der Waals surface area contributed by atoms with Gasteiger partial charge in [0.25, 0.3) is 5.91 Å². The number of primary amides is 1. The first-order valence-corrected chi connectivity index (χ1v) is 6.16. The van der Waals surface area contributed by atoms with Crippen LogP contribution in [0.1, 0.15) is 28.0 Å². The number of rotatable bonds is 2. The molecule has 1 aliphatic rings. The van der Waals surface area contributed by atoms with Crippen LogP contribution in [-0.2, 0) is 6.54 Å². The Kier molecular flexibility index (Phi) is 2.79. The van der Waals surface area contributed by atoms with Crippen LogP contribution in [0.3, 0.4) is 0 Å². The number of nitrogens with two attached hydrogens (primary N) is 1. The quantitative estimate of drug-likeness (QED) is 0.845. The van der Waals surface area contributed by atoms with Gasteiger partial charge in [0.1, 0.15) is 5.82 Å². The monoisotopic (exact) mass is 257 g/mol. The number of amides is 1. The first kappa shape index (κ1) is 11.9. The lowest BCUT2D eigenvalue weighted by molar-refractivity contribution is 0.0990. The average Bonchev–Trinajstić information content (AvgIpc) is 2.83. The molecule has 1 atom stereocenters. The minimum Gasteiger partial charge on any atom is -0.363 e. The molecule has 6 heteroatoms. The van der Waals surface area contributed by atoms with Crippen molar-refractivity contribution in [1.29, 1.82) is 0 Å². The van der Waals surface area contributed by atoms with Gasteiger partial charge in [-0.3, -0.25) is 9.69 Å². The fourth-order valence-electron chi connectivity index (χ4n) is 2.44. The summed E-state index contributed by atoms with van der Waals surface area (Å²) >= 11 is 0. The summed E-state index contributed by atoms with van der Waals surface area (Å²) < 4.78 is 1.78. The van der Waals surface area contributed by atoms with Crippen molar-refractivity contribution in [2.45, 2.75) is 12.6 Å². The van der Waals surface area contributed by atoms with E-state index in [1.165, 1.54) is 0 Å². The maximum Gasteiger partial charge on any atom is 0.288 e. The van der Waals surface area contributed by atoms with E-state index in [0.29, 0.717) is 0 Å². The minimum absolute atomic E-state index is 0.00977. The molecule has 6 nitrogen and oxygen atoms in total. The van der Waals surface area contributed by atoms with E-state index in [1.54, 1.807) is 4.68 Å². The molecule has 1 aromatic carbocycles. The summed E-state index contributed by atoms with van der Waals surface area (Å²) in [6, 6.07) is 10.1. The topological polar surface area (TPSA) is 77.0 Å². The molecule has 0 fully saturated rings. The third kappa shape index (κ3) is 2.00. The summed E-state index contributed by atoms with van der Waals surface area (Å²) in [7, 11) is 2.04. The van der Waals surface area contributed by atoms with Crippen LogP contribution in [0.25, 0.3) is 0 Å². The van der Waals surface area contributed by atoms with E-state index in [2.05, 4.69) is 27.1 Å². The van der Waals surface area contributed by atoms with E-state index in [0.717, 1.165) is 24.5 Å². The van der Waals surface area contributed by atoms with Crippen LogP contribution >= 0.6 is 0 Å². The fourth-order valence-corrected chi connectivity index (χ4v) is 2.44. The van der Waals surface area contributed by atoms with Crippen molar-refractivity contribution >= 4 is 5.91 Å². The Morgan fingerprint density at radius 2 is 2.05 bits per heavy atom. The Hall–Kier alpha value is -2.21. The molecule has 1 unspecified atom stereocenters. The Morgan fingerprint density at radius 3 is 2.74 bits per heavy atom. The second-order valence-corrected chi connectivity index (χ2v) is 4.67. The highest BCUT2D eigenvalue weighted by atomic mass is 16.1. The minimum atomic E-state index is -0.587. The third-order valence-electron chi connectivity index (χ3n) is 3.39. The SMILES string of the molecule is CN1CCn2nc(C(N)=O)nc2C1c1ccccc1. The summed E-state index contributed by atoms with van der Waals surface area (Å²) in [4.78, 5) is 17.7. The van der Waals surface area contributed by atoms with Gasteiger partial charge in [-0.15, -0.1) is 5.10 Å². The van der Waals surface area contributed by atoms with Gasteiger partial charge in [-0.05, 0) is 12.6 Å². The molecule has 2 N–H and O–H groups in total.